The highest BCUT2D eigenvalue weighted by atomic mass is 16.2. The number of allylic oxidation sites excluding steroid dienone is 2. The Balaban J connectivity index is 2.52. The van der Waals surface area contributed by atoms with Crippen LogP contribution in [-0.2, 0) is 0 Å². The fourth-order valence-corrected chi connectivity index (χ4v) is 2.54. The van der Waals surface area contributed by atoms with Crippen molar-refractivity contribution in [2.24, 2.45) is 5.92 Å². The molecular weight excluding hydrogens is 268 g/mol. The van der Waals surface area contributed by atoms with Crippen LogP contribution in [0.3, 0.4) is 0 Å². The summed E-state index contributed by atoms with van der Waals surface area (Å²) in [6.07, 6.45) is 5.08. The van der Waals surface area contributed by atoms with Crippen molar-refractivity contribution in [3.8, 4) is 0 Å². The first kappa shape index (κ1) is 16.3. The summed E-state index contributed by atoms with van der Waals surface area (Å²) in [5.74, 6) is 0.404. The maximum Gasteiger partial charge on any atom is 0.0465 e. The summed E-state index contributed by atoms with van der Waals surface area (Å²) in [6.45, 7) is 4.58. The van der Waals surface area contributed by atoms with Gasteiger partial charge in [0.2, 0.25) is 0 Å². The van der Waals surface area contributed by atoms with Crippen molar-refractivity contribution >= 4 is 11.6 Å². The summed E-state index contributed by atoms with van der Waals surface area (Å²) < 4.78 is 0. The van der Waals surface area contributed by atoms with Gasteiger partial charge in [-0.2, -0.15) is 0 Å². The maximum absolute atomic E-state index is 9.17. The zero-order valence-corrected chi connectivity index (χ0v) is 13.4. The lowest BCUT2D eigenvalue weighted by Gasteiger charge is -2.17. The van der Waals surface area contributed by atoms with Crippen molar-refractivity contribution in [2.45, 2.75) is 20.3 Å². The van der Waals surface area contributed by atoms with Gasteiger partial charge in [-0.3, -0.25) is 0 Å². The van der Waals surface area contributed by atoms with Crippen molar-refractivity contribution in [2.75, 3.05) is 6.61 Å². The third kappa shape index (κ3) is 4.44. The van der Waals surface area contributed by atoms with Gasteiger partial charge in [-0.25, -0.2) is 0 Å². The summed E-state index contributed by atoms with van der Waals surface area (Å²) in [5.41, 5.74) is 4.92. The van der Waals surface area contributed by atoms with Gasteiger partial charge in [0.05, 0.1) is 0 Å². The van der Waals surface area contributed by atoms with Gasteiger partial charge >= 0.3 is 0 Å². The molecule has 0 aromatic heterocycles. The summed E-state index contributed by atoms with van der Waals surface area (Å²) in [5, 5.41) is 9.17. The monoisotopic (exact) mass is 292 g/mol. The number of hydrogen-bond acceptors (Lipinski definition) is 1. The fourth-order valence-electron chi connectivity index (χ4n) is 2.54. The van der Waals surface area contributed by atoms with Gasteiger partial charge < -0.3 is 5.11 Å². The zero-order valence-electron chi connectivity index (χ0n) is 13.4. The molecule has 0 spiro atoms. The van der Waals surface area contributed by atoms with Crippen LogP contribution in [-0.4, -0.2) is 11.7 Å². The first-order valence-corrected chi connectivity index (χ1v) is 7.86. The van der Waals surface area contributed by atoms with Gasteiger partial charge in [0.15, 0.2) is 0 Å². The van der Waals surface area contributed by atoms with Gasteiger partial charge in [0.25, 0.3) is 0 Å². The van der Waals surface area contributed by atoms with E-state index >= 15 is 0 Å². The minimum atomic E-state index is 0.184. The van der Waals surface area contributed by atoms with E-state index in [0.29, 0.717) is 12.3 Å². The number of aliphatic hydroxyl groups is 1. The highest BCUT2D eigenvalue weighted by Crippen LogP contribution is 2.31. The Kier molecular flexibility index (Phi) is 6.17. The zero-order chi connectivity index (χ0) is 15.8. The Hall–Kier alpha value is -2.12. The second-order valence-corrected chi connectivity index (χ2v) is 5.66. The molecule has 2 aromatic carbocycles. The normalized spacial score (nSPS) is 12.7. The van der Waals surface area contributed by atoms with Gasteiger partial charge in [-0.05, 0) is 40.7 Å². The minimum Gasteiger partial charge on any atom is -0.396 e. The Morgan fingerprint density at radius 3 is 2.09 bits per heavy atom. The maximum atomic E-state index is 9.17. The van der Waals surface area contributed by atoms with Crippen molar-refractivity contribution in [1.82, 2.24) is 0 Å². The van der Waals surface area contributed by atoms with E-state index in [0.717, 1.165) is 0 Å². The molecule has 114 valence electrons. The molecule has 0 aliphatic heterocycles. The molecule has 0 radical (unpaired) electrons. The molecule has 1 nitrogen and oxygen atoms in total. The predicted molar refractivity (Wildman–Crippen MR) is 95.4 cm³/mol. The van der Waals surface area contributed by atoms with Crippen molar-refractivity contribution in [3.63, 3.8) is 0 Å². The van der Waals surface area contributed by atoms with Gasteiger partial charge in [-0.15, -0.1) is 0 Å². The van der Waals surface area contributed by atoms with Crippen molar-refractivity contribution in [1.29, 1.82) is 0 Å². The smallest absolute Gasteiger partial charge is 0.0465 e. The predicted octanol–water partition coefficient (Wildman–Crippen LogP) is 5.19. The van der Waals surface area contributed by atoms with Crippen LogP contribution < -0.4 is 0 Å². The Labute approximate surface area is 133 Å². The van der Waals surface area contributed by atoms with Gasteiger partial charge in [-0.1, -0.05) is 80.6 Å². The van der Waals surface area contributed by atoms with Crippen LogP contribution in [0.15, 0.2) is 72.3 Å². The number of benzene rings is 2. The van der Waals surface area contributed by atoms with E-state index < -0.39 is 0 Å². The van der Waals surface area contributed by atoms with E-state index in [1.807, 2.05) is 12.1 Å². The van der Waals surface area contributed by atoms with Gasteiger partial charge in [0, 0.05) is 6.61 Å². The largest absolute Gasteiger partial charge is 0.396 e. The lowest BCUT2D eigenvalue weighted by molar-refractivity contribution is 0.302. The van der Waals surface area contributed by atoms with E-state index in [1.54, 1.807) is 0 Å². The van der Waals surface area contributed by atoms with Crippen LogP contribution in [0.2, 0.25) is 0 Å². The second-order valence-electron chi connectivity index (χ2n) is 5.66. The molecule has 1 heteroatoms. The molecule has 0 saturated carbocycles. The van der Waals surface area contributed by atoms with E-state index in [-0.39, 0.29) is 6.61 Å². The SMILES string of the molecule is CC(C)C(=C\CCO)/C(=C/c1ccccc1)c1ccccc1. The highest BCUT2D eigenvalue weighted by Gasteiger charge is 2.11. The van der Waals surface area contributed by atoms with Crippen LogP contribution in [0, 0.1) is 5.92 Å². The summed E-state index contributed by atoms with van der Waals surface area (Å²) in [6, 6.07) is 20.8. The molecule has 1 N–H and O–H groups in total. The molecule has 0 amide bonds. The average Bonchev–Trinajstić information content (AvgIpc) is 2.55. The van der Waals surface area contributed by atoms with Gasteiger partial charge in [0.1, 0.15) is 0 Å². The first-order chi connectivity index (χ1) is 10.7. The lowest BCUT2D eigenvalue weighted by atomic mass is 9.88. The third-order valence-corrected chi connectivity index (χ3v) is 3.62. The lowest BCUT2D eigenvalue weighted by Crippen LogP contribution is -1.99. The van der Waals surface area contributed by atoms with Crippen LogP contribution in [0.25, 0.3) is 11.6 Å². The van der Waals surface area contributed by atoms with Crippen LogP contribution in [0.4, 0.5) is 0 Å². The Morgan fingerprint density at radius 2 is 1.55 bits per heavy atom. The molecule has 0 unspecified atom stereocenters. The van der Waals surface area contributed by atoms with E-state index in [2.05, 4.69) is 74.5 Å². The van der Waals surface area contributed by atoms with E-state index in [4.69, 9.17) is 0 Å². The summed E-state index contributed by atoms with van der Waals surface area (Å²) in [7, 11) is 0. The van der Waals surface area contributed by atoms with E-state index in [9.17, 15) is 5.11 Å². The molecule has 0 aliphatic carbocycles. The molecule has 0 heterocycles. The van der Waals surface area contributed by atoms with Crippen LogP contribution in [0.1, 0.15) is 31.4 Å². The second kappa shape index (κ2) is 8.35. The van der Waals surface area contributed by atoms with Crippen molar-refractivity contribution in [3.05, 3.63) is 83.4 Å². The van der Waals surface area contributed by atoms with Crippen LogP contribution >= 0.6 is 0 Å². The highest BCUT2D eigenvalue weighted by molar-refractivity contribution is 5.91. The summed E-state index contributed by atoms with van der Waals surface area (Å²) >= 11 is 0. The molecule has 22 heavy (non-hydrogen) atoms. The van der Waals surface area contributed by atoms with E-state index in [1.165, 1.54) is 22.3 Å². The fraction of sp³-hybridized carbons (Fsp3) is 0.238. The average molecular weight is 292 g/mol. The molecule has 0 bridgehead atoms. The van der Waals surface area contributed by atoms with Crippen LogP contribution in [0.5, 0.6) is 0 Å². The minimum absolute atomic E-state index is 0.184. The molecule has 2 rings (SSSR count). The Bertz CT molecular complexity index is 621. The van der Waals surface area contributed by atoms with Crippen molar-refractivity contribution < 1.29 is 5.11 Å². The topological polar surface area (TPSA) is 20.2 Å². The molecule has 0 atom stereocenters. The third-order valence-electron chi connectivity index (χ3n) is 3.62. The molecular formula is C21H24O. The summed E-state index contributed by atoms with van der Waals surface area (Å²) in [4.78, 5) is 0. The standard InChI is InChI=1S/C21H24O/c1-17(2)20(14-9-15-22)21(19-12-7-4-8-13-19)16-18-10-5-3-6-11-18/h3-8,10-14,16-17,22H,9,15H2,1-2H3/b20-14+,21-16+. The Morgan fingerprint density at radius 1 is 0.955 bits per heavy atom. The molecule has 0 fully saturated rings. The quantitative estimate of drug-likeness (QED) is 0.573. The molecule has 0 aliphatic rings. The first-order valence-electron chi connectivity index (χ1n) is 7.86. The molecule has 2 aromatic rings. The molecule has 0 saturated heterocycles. The number of aliphatic hydroxyl groups excluding tert-OH is 1. The number of hydrogen-bond donors (Lipinski definition) is 1. The number of rotatable bonds is 6.